The summed E-state index contributed by atoms with van der Waals surface area (Å²) in [5.74, 6) is 0.147. The lowest BCUT2D eigenvalue weighted by Crippen LogP contribution is -2.44. The van der Waals surface area contributed by atoms with Crippen molar-refractivity contribution in [1.82, 2.24) is 15.0 Å². The Morgan fingerprint density at radius 1 is 1.16 bits per heavy atom. The lowest BCUT2D eigenvalue weighted by Gasteiger charge is -2.44. The maximum Gasteiger partial charge on any atom is 0.307 e. The Balaban J connectivity index is 1.60. The number of aromatic nitrogens is 3. The van der Waals surface area contributed by atoms with Crippen LogP contribution in [-0.4, -0.2) is 31.1 Å². The van der Waals surface area contributed by atoms with Gasteiger partial charge < -0.3 is 15.5 Å². The first-order chi connectivity index (χ1) is 15.1. The van der Waals surface area contributed by atoms with Crippen molar-refractivity contribution in [1.29, 1.82) is 0 Å². The van der Waals surface area contributed by atoms with Crippen molar-refractivity contribution in [3.05, 3.63) is 52.8 Å². The molecule has 3 aromatic rings. The summed E-state index contributed by atoms with van der Waals surface area (Å²) in [6.45, 7) is 7.83. The number of carbonyl (C=O) groups is 1. The number of thiazole rings is 1. The van der Waals surface area contributed by atoms with Gasteiger partial charge in [0.25, 0.3) is 0 Å². The maximum atomic E-state index is 11.6. The van der Waals surface area contributed by atoms with Crippen LogP contribution < -0.4 is 5.32 Å². The van der Waals surface area contributed by atoms with E-state index >= 15 is 0 Å². The number of aliphatic hydroxyl groups is 1. The van der Waals surface area contributed by atoms with Gasteiger partial charge in [-0.1, -0.05) is 13.8 Å². The molecule has 4 rings (SSSR count). The third kappa shape index (κ3) is 4.52. The molecule has 168 valence electrons. The van der Waals surface area contributed by atoms with Crippen molar-refractivity contribution >= 4 is 28.9 Å². The number of anilines is 2. The topological polar surface area (TPSA) is 108 Å². The summed E-state index contributed by atoms with van der Waals surface area (Å²) in [7, 11) is 0. The minimum Gasteiger partial charge on any atom is -0.481 e. The van der Waals surface area contributed by atoms with Gasteiger partial charge in [0.15, 0.2) is 0 Å². The van der Waals surface area contributed by atoms with Crippen molar-refractivity contribution in [3.63, 3.8) is 0 Å². The number of aliphatic carboxylic acids is 1. The molecule has 1 aliphatic carbocycles. The molecule has 0 aliphatic heterocycles. The average Bonchev–Trinajstić information content (AvgIpc) is 3.17. The zero-order chi connectivity index (χ0) is 23.1. The van der Waals surface area contributed by atoms with Crippen LogP contribution in [0.4, 0.5) is 11.6 Å². The van der Waals surface area contributed by atoms with Gasteiger partial charge in [0.2, 0.25) is 0 Å². The molecule has 1 fully saturated rings. The second-order valence-corrected chi connectivity index (χ2v) is 10.4. The van der Waals surface area contributed by atoms with Gasteiger partial charge in [-0.3, -0.25) is 4.79 Å². The van der Waals surface area contributed by atoms with E-state index in [0.717, 1.165) is 27.5 Å². The maximum absolute atomic E-state index is 11.6. The molecule has 0 amide bonds. The van der Waals surface area contributed by atoms with E-state index < -0.39 is 22.9 Å². The van der Waals surface area contributed by atoms with E-state index in [-0.39, 0.29) is 0 Å². The second-order valence-electron chi connectivity index (χ2n) is 9.41. The van der Waals surface area contributed by atoms with Gasteiger partial charge >= 0.3 is 5.97 Å². The monoisotopic (exact) mass is 452 g/mol. The summed E-state index contributed by atoms with van der Waals surface area (Å²) < 4.78 is 0. The fourth-order valence-corrected chi connectivity index (χ4v) is 5.57. The van der Waals surface area contributed by atoms with Gasteiger partial charge in [-0.25, -0.2) is 15.0 Å². The van der Waals surface area contributed by atoms with E-state index in [4.69, 9.17) is 4.98 Å². The predicted molar refractivity (Wildman–Crippen MR) is 125 cm³/mol. The number of nitrogens with zero attached hydrogens (tertiary/aromatic N) is 3. The molecule has 0 aromatic carbocycles. The zero-order valence-electron chi connectivity index (χ0n) is 18.7. The van der Waals surface area contributed by atoms with E-state index in [9.17, 15) is 15.0 Å². The lowest BCUT2D eigenvalue weighted by molar-refractivity contribution is -0.154. The molecule has 0 radical (unpaired) electrons. The molecule has 1 aliphatic rings. The molecular weight excluding hydrogens is 424 g/mol. The summed E-state index contributed by atoms with van der Waals surface area (Å²) in [5, 5.41) is 24.8. The molecule has 2 atom stereocenters. The van der Waals surface area contributed by atoms with Crippen molar-refractivity contribution in [2.45, 2.75) is 52.6 Å². The Labute approximate surface area is 191 Å². The molecule has 0 spiro atoms. The summed E-state index contributed by atoms with van der Waals surface area (Å²) in [4.78, 5) is 26.1. The van der Waals surface area contributed by atoms with Crippen molar-refractivity contribution < 1.29 is 15.0 Å². The molecule has 1 saturated carbocycles. The minimum atomic E-state index is -1.13. The molecule has 8 heteroatoms. The number of aryl methyl sites for hydroxylation is 2. The predicted octanol–water partition coefficient (Wildman–Crippen LogP) is 5.06. The highest BCUT2D eigenvalue weighted by atomic mass is 32.1. The Hall–Kier alpha value is -2.84. The van der Waals surface area contributed by atoms with Crippen LogP contribution in [0.3, 0.4) is 0 Å². The summed E-state index contributed by atoms with van der Waals surface area (Å²) in [6.07, 6.45) is 4.66. The van der Waals surface area contributed by atoms with E-state index in [1.165, 1.54) is 11.3 Å². The molecule has 3 N–H and O–H groups in total. The average molecular weight is 453 g/mol. The van der Waals surface area contributed by atoms with Crippen LogP contribution in [0.15, 0.2) is 36.7 Å². The van der Waals surface area contributed by atoms with Gasteiger partial charge in [0.05, 0.1) is 16.5 Å². The standard InChI is InChI=1S/C24H28N4O3S/c1-14-6-8-25-19(10-14)28-20-11-15(2)9-17(27-20)18-12-26-22(32-18)24(31)7-5-16(21(29)30)23(3,4)13-24/h6,8-12,16,31H,5,7,13H2,1-4H3,(H,29,30)(H,25,27,28). The number of nitrogens with one attached hydrogen (secondary N) is 1. The van der Waals surface area contributed by atoms with Gasteiger partial charge in [0.1, 0.15) is 22.2 Å². The fourth-order valence-electron chi connectivity index (χ4n) is 4.58. The van der Waals surface area contributed by atoms with Crippen LogP contribution in [0, 0.1) is 25.2 Å². The molecule has 7 nitrogen and oxygen atoms in total. The molecule has 0 saturated heterocycles. The number of rotatable bonds is 5. The third-order valence-corrected chi connectivity index (χ3v) is 7.35. The van der Waals surface area contributed by atoms with Crippen LogP contribution in [0.5, 0.6) is 0 Å². The fraction of sp³-hybridized carbons (Fsp3) is 0.417. The molecular formula is C24H28N4O3S. The van der Waals surface area contributed by atoms with Gasteiger partial charge in [-0.2, -0.15) is 0 Å². The van der Waals surface area contributed by atoms with Crippen LogP contribution >= 0.6 is 11.3 Å². The highest BCUT2D eigenvalue weighted by Gasteiger charge is 2.49. The summed E-state index contributed by atoms with van der Waals surface area (Å²) in [5.41, 5.74) is 1.27. The van der Waals surface area contributed by atoms with Crippen LogP contribution in [0.1, 0.15) is 49.2 Å². The first kappa shape index (κ1) is 22.4. The Kier molecular flexibility index (Phi) is 5.77. The first-order valence-corrected chi connectivity index (χ1v) is 11.5. The van der Waals surface area contributed by atoms with Gasteiger partial charge in [-0.05, 0) is 73.9 Å². The molecule has 3 heterocycles. The normalized spacial score (nSPS) is 22.5. The Morgan fingerprint density at radius 2 is 1.91 bits per heavy atom. The van der Waals surface area contributed by atoms with E-state index in [1.54, 1.807) is 12.4 Å². The highest BCUT2D eigenvalue weighted by Crippen LogP contribution is 2.50. The largest absolute Gasteiger partial charge is 0.481 e. The quantitative estimate of drug-likeness (QED) is 0.496. The number of carboxylic acid groups (broad SMARTS) is 1. The Morgan fingerprint density at radius 3 is 2.59 bits per heavy atom. The lowest BCUT2D eigenvalue weighted by atomic mass is 9.63. The molecule has 0 bridgehead atoms. The van der Waals surface area contributed by atoms with Crippen LogP contribution in [0.25, 0.3) is 10.6 Å². The molecule has 32 heavy (non-hydrogen) atoms. The summed E-state index contributed by atoms with van der Waals surface area (Å²) >= 11 is 1.41. The number of hydrogen-bond acceptors (Lipinski definition) is 7. The SMILES string of the molecule is Cc1ccnc(Nc2cc(C)cc(-c3cnc(C4(O)CCC(C(=O)O)C(C)(C)C4)s3)n2)c1. The van der Waals surface area contributed by atoms with Gasteiger partial charge in [-0.15, -0.1) is 11.3 Å². The first-order valence-electron chi connectivity index (χ1n) is 10.7. The number of pyridine rings is 2. The zero-order valence-corrected chi connectivity index (χ0v) is 19.5. The van der Waals surface area contributed by atoms with Gasteiger partial charge in [0, 0.05) is 12.4 Å². The number of hydrogen-bond donors (Lipinski definition) is 3. The molecule has 2 unspecified atom stereocenters. The van der Waals surface area contributed by atoms with E-state index in [2.05, 4.69) is 15.3 Å². The number of carboxylic acids is 1. The minimum absolute atomic E-state index is 0.358. The van der Waals surface area contributed by atoms with E-state index in [0.29, 0.717) is 30.1 Å². The molecule has 3 aromatic heterocycles. The van der Waals surface area contributed by atoms with Crippen LogP contribution in [0.2, 0.25) is 0 Å². The van der Waals surface area contributed by atoms with Crippen molar-refractivity contribution in [3.8, 4) is 10.6 Å². The van der Waals surface area contributed by atoms with E-state index in [1.807, 2.05) is 52.0 Å². The third-order valence-electron chi connectivity index (χ3n) is 6.13. The van der Waals surface area contributed by atoms with Crippen molar-refractivity contribution in [2.75, 3.05) is 5.32 Å². The Bertz CT molecular complexity index is 1160. The summed E-state index contributed by atoms with van der Waals surface area (Å²) in [6, 6.07) is 7.84. The highest BCUT2D eigenvalue weighted by molar-refractivity contribution is 7.15. The smallest absolute Gasteiger partial charge is 0.307 e. The van der Waals surface area contributed by atoms with Crippen molar-refractivity contribution in [2.24, 2.45) is 11.3 Å². The second kappa shape index (κ2) is 8.26. The van der Waals surface area contributed by atoms with Crippen LogP contribution in [-0.2, 0) is 10.4 Å².